The van der Waals surface area contributed by atoms with Gasteiger partial charge in [0.2, 0.25) is 0 Å². The second kappa shape index (κ2) is 6.32. The normalized spacial score (nSPS) is 13.3. The SMILES string of the molecule is COCC(NCc1csc2ccccc12)C(C)C. The number of methoxy groups -OCH3 is 1. The number of hydrogen-bond donors (Lipinski definition) is 1. The van der Waals surface area contributed by atoms with E-state index in [4.69, 9.17) is 4.74 Å². The number of hydrogen-bond acceptors (Lipinski definition) is 3. The van der Waals surface area contributed by atoms with Gasteiger partial charge < -0.3 is 10.1 Å². The summed E-state index contributed by atoms with van der Waals surface area (Å²) in [6.07, 6.45) is 0. The molecule has 1 aromatic carbocycles. The van der Waals surface area contributed by atoms with Crippen molar-refractivity contribution >= 4 is 21.4 Å². The second-order valence-electron chi connectivity index (χ2n) is 4.94. The van der Waals surface area contributed by atoms with Gasteiger partial charge in [0.05, 0.1) is 6.61 Å². The smallest absolute Gasteiger partial charge is 0.0618 e. The molecule has 1 N–H and O–H groups in total. The molecule has 0 saturated carbocycles. The molecule has 2 nitrogen and oxygen atoms in total. The topological polar surface area (TPSA) is 21.3 Å². The minimum Gasteiger partial charge on any atom is -0.383 e. The molecule has 0 saturated heterocycles. The van der Waals surface area contributed by atoms with Gasteiger partial charge in [0, 0.05) is 24.4 Å². The van der Waals surface area contributed by atoms with E-state index in [1.165, 1.54) is 15.6 Å². The summed E-state index contributed by atoms with van der Waals surface area (Å²) in [6, 6.07) is 8.99. The highest BCUT2D eigenvalue weighted by molar-refractivity contribution is 7.17. The average Bonchev–Trinajstić information content (AvgIpc) is 2.77. The quantitative estimate of drug-likeness (QED) is 0.858. The molecular weight excluding hydrogens is 242 g/mol. The zero-order chi connectivity index (χ0) is 13.0. The van der Waals surface area contributed by atoms with Crippen LogP contribution >= 0.6 is 11.3 Å². The van der Waals surface area contributed by atoms with Crippen molar-refractivity contribution in [1.29, 1.82) is 0 Å². The lowest BCUT2D eigenvalue weighted by Crippen LogP contribution is -2.37. The predicted octanol–water partition coefficient (Wildman–Crippen LogP) is 3.66. The summed E-state index contributed by atoms with van der Waals surface area (Å²) in [5.74, 6) is 0.579. The fraction of sp³-hybridized carbons (Fsp3) is 0.467. The Labute approximate surface area is 113 Å². The van der Waals surface area contributed by atoms with Crippen molar-refractivity contribution in [2.75, 3.05) is 13.7 Å². The van der Waals surface area contributed by atoms with E-state index in [0.717, 1.165) is 13.2 Å². The van der Waals surface area contributed by atoms with Crippen LogP contribution in [0.4, 0.5) is 0 Å². The van der Waals surface area contributed by atoms with Crippen molar-refractivity contribution in [2.24, 2.45) is 5.92 Å². The van der Waals surface area contributed by atoms with Crippen LogP contribution in [0.15, 0.2) is 29.6 Å². The van der Waals surface area contributed by atoms with Gasteiger partial charge in [-0.2, -0.15) is 0 Å². The van der Waals surface area contributed by atoms with E-state index in [2.05, 4.69) is 48.8 Å². The van der Waals surface area contributed by atoms with Gasteiger partial charge >= 0.3 is 0 Å². The molecule has 1 atom stereocenters. The molecule has 0 spiro atoms. The molecule has 98 valence electrons. The van der Waals surface area contributed by atoms with E-state index in [1.807, 2.05) is 11.3 Å². The maximum absolute atomic E-state index is 5.26. The Morgan fingerprint density at radius 3 is 2.78 bits per heavy atom. The summed E-state index contributed by atoms with van der Waals surface area (Å²) in [6.45, 7) is 6.13. The van der Waals surface area contributed by atoms with E-state index in [1.54, 1.807) is 7.11 Å². The standard InChI is InChI=1S/C15H21NOS/c1-11(2)14(9-17-3)16-8-12-10-18-15-7-5-4-6-13(12)15/h4-7,10-11,14,16H,8-9H2,1-3H3. The first-order valence-corrected chi connectivity index (χ1v) is 7.27. The number of thiophene rings is 1. The largest absolute Gasteiger partial charge is 0.383 e. The molecule has 0 aliphatic carbocycles. The van der Waals surface area contributed by atoms with Crippen LogP contribution < -0.4 is 5.32 Å². The zero-order valence-corrected chi connectivity index (χ0v) is 12.1. The lowest BCUT2D eigenvalue weighted by Gasteiger charge is -2.21. The van der Waals surface area contributed by atoms with Crippen LogP contribution in [-0.4, -0.2) is 19.8 Å². The Morgan fingerprint density at radius 2 is 2.06 bits per heavy atom. The van der Waals surface area contributed by atoms with Gasteiger partial charge in [-0.1, -0.05) is 32.0 Å². The summed E-state index contributed by atoms with van der Waals surface area (Å²) in [4.78, 5) is 0. The number of ether oxygens (including phenoxy) is 1. The van der Waals surface area contributed by atoms with Crippen LogP contribution in [0.5, 0.6) is 0 Å². The Bertz CT molecular complexity index is 492. The minimum absolute atomic E-state index is 0.411. The first-order chi connectivity index (χ1) is 8.72. The molecule has 0 bridgehead atoms. The number of rotatable bonds is 6. The van der Waals surface area contributed by atoms with Crippen LogP contribution in [0.1, 0.15) is 19.4 Å². The molecule has 1 heterocycles. The van der Waals surface area contributed by atoms with Gasteiger partial charge in [-0.3, -0.25) is 0 Å². The molecule has 1 aromatic heterocycles. The molecular formula is C15H21NOS. The lowest BCUT2D eigenvalue weighted by atomic mass is 10.0. The van der Waals surface area contributed by atoms with Crippen molar-refractivity contribution in [3.05, 3.63) is 35.2 Å². The zero-order valence-electron chi connectivity index (χ0n) is 11.3. The third-order valence-electron chi connectivity index (χ3n) is 3.27. The van der Waals surface area contributed by atoms with E-state index >= 15 is 0 Å². The van der Waals surface area contributed by atoms with Crippen LogP contribution in [0.25, 0.3) is 10.1 Å². The highest BCUT2D eigenvalue weighted by atomic mass is 32.1. The van der Waals surface area contributed by atoms with Gasteiger partial charge in [-0.05, 0) is 28.3 Å². The molecule has 0 amide bonds. The Hall–Kier alpha value is -0.900. The van der Waals surface area contributed by atoms with Crippen LogP contribution in [0, 0.1) is 5.92 Å². The molecule has 0 fully saturated rings. The first-order valence-electron chi connectivity index (χ1n) is 6.39. The number of fused-ring (bicyclic) bond motifs is 1. The maximum atomic E-state index is 5.26. The van der Waals surface area contributed by atoms with Crippen LogP contribution in [0.2, 0.25) is 0 Å². The average molecular weight is 263 g/mol. The molecule has 0 radical (unpaired) electrons. The van der Waals surface area contributed by atoms with Gasteiger partial charge in [0.15, 0.2) is 0 Å². The summed E-state index contributed by atoms with van der Waals surface area (Å²) < 4.78 is 6.63. The van der Waals surface area contributed by atoms with Crippen molar-refractivity contribution in [3.8, 4) is 0 Å². The molecule has 3 heteroatoms. The first kappa shape index (κ1) is 13.5. The molecule has 2 aromatic rings. The highest BCUT2D eigenvalue weighted by Gasteiger charge is 2.13. The van der Waals surface area contributed by atoms with Crippen LogP contribution in [0.3, 0.4) is 0 Å². The summed E-state index contributed by atoms with van der Waals surface area (Å²) in [5, 5.41) is 7.22. The van der Waals surface area contributed by atoms with Crippen LogP contribution in [-0.2, 0) is 11.3 Å². The van der Waals surface area contributed by atoms with Gasteiger partial charge in [0.25, 0.3) is 0 Å². The van der Waals surface area contributed by atoms with E-state index in [0.29, 0.717) is 12.0 Å². The second-order valence-corrected chi connectivity index (χ2v) is 5.86. The van der Waals surface area contributed by atoms with E-state index in [-0.39, 0.29) is 0 Å². The molecule has 2 rings (SSSR count). The molecule has 0 aliphatic rings. The minimum atomic E-state index is 0.411. The van der Waals surface area contributed by atoms with Gasteiger partial charge in [-0.25, -0.2) is 0 Å². The third kappa shape index (κ3) is 3.10. The third-order valence-corrected chi connectivity index (χ3v) is 4.28. The van der Waals surface area contributed by atoms with Crippen molar-refractivity contribution in [2.45, 2.75) is 26.4 Å². The Balaban J connectivity index is 2.05. The summed E-state index contributed by atoms with van der Waals surface area (Å²) in [5.41, 5.74) is 1.39. The van der Waals surface area contributed by atoms with Crippen molar-refractivity contribution in [1.82, 2.24) is 5.32 Å². The fourth-order valence-electron chi connectivity index (χ4n) is 2.08. The van der Waals surface area contributed by atoms with Crippen molar-refractivity contribution < 1.29 is 4.74 Å². The predicted molar refractivity (Wildman–Crippen MR) is 79.2 cm³/mol. The van der Waals surface area contributed by atoms with Crippen molar-refractivity contribution in [3.63, 3.8) is 0 Å². The Morgan fingerprint density at radius 1 is 1.28 bits per heavy atom. The van der Waals surface area contributed by atoms with E-state index in [9.17, 15) is 0 Å². The summed E-state index contributed by atoms with van der Waals surface area (Å²) >= 11 is 1.82. The Kier molecular flexibility index (Phi) is 4.75. The molecule has 0 aliphatic heterocycles. The highest BCUT2D eigenvalue weighted by Crippen LogP contribution is 2.25. The van der Waals surface area contributed by atoms with E-state index < -0.39 is 0 Å². The maximum Gasteiger partial charge on any atom is 0.0618 e. The van der Waals surface area contributed by atoms with Gasteiger partial charge in [-0.15, -0.1) is 11.3 Å². The number of benzene rings is 1. The molecule has 18 heavy (non-hydrogen) atoms. The monoisotopic (exact) mass is 263 g/mol. The van der Waals surface area contributed by atoms with Gasteiger partial charge in [0.1, 0.15) is 0 Å². The fourth-order valence-corrected chi connectivity index (χ4v) is 3.04. The number of nitrogens with one attached hydrogen (secondary N) is 1. The molecule has 1 unspecified atom stereocenters. The summed E-state index contributed by atoms with van der Waals surface area (Å²) in [7, 11) is 1.76. The lowest BCUT2D eigenvalue weighted by molar-refractivity contribution is 0.146.